The van der Waals surface area contributed by atoms with Crippen molar-refractivity contribution in [3.8, 4) is 11.8 Å². The van der Waals surface area contributed by atoms with E-state index in [4.69, 9.17) is 9.47 Å². The number of rotatable bonds is 0. The smallest absolute Gasteiger partial charge is 0.489 e. The molecule has 0 spiro atoms. The molecule has 1 aliphatic rings. The molecule has 1 unspecified atom stereocenters. The maximum atomic E-state index is 13.9. The van der Waals surface area contributed by atoms with Crippen LogP contribution in [0.3, 0.4) is 0 Å². The first-order valence-corrected chi connectivity index (χ1v) is 7.07. The van der Waals surface area contributed by atoms with Crippen LogP contribution in [0.5, 0.6) is 5.75 Å². The number of amides is 2. The van der Waals surface area contributed by atoms with Crippen LogP contribution in [0.4, 0.5) is 14.9 Å². The third kappa shape index (κ3) is 3.97. The first kappa shape index (κ1) is 16.7. The topological polar surface area (TPSA) is 60.2 Å². The lowest BCUT2D eigenvalue weighted by Gasteiger charge is -2.16. The predicted octanol–water partition coefficient (Wildman–Crippen LogP) is 3.07. The Hall–Kier alpha value is -2.62. The summed E-state index contributed by atoms with van der Waals surface area (Å²) in [4.78, 5) is 28.6. The second kappa shape index (κ2) is 6.24. The Bertz CT molecular complexity index is 700. The first-order chi connectivity index (χ1) is 10.7. The highest BCUT2D eigenvalue weighted by Gasteiger charge is 2.34. The average molecular weight is 321 g/mol. The maximum absolute atomic E-state index is 13.9. The highest BCUT2D eigenvalue weighted by molar-refractivity contribution is 5.98. The van der Waals surface area contributed by atoms with Gasteiger partial charge in [0.1, 0.15) is 23.6 Å². The molecule has 0 N–H and O–H groups in total. The number of carbonyl (C=O) groups excluding carboxylic acids is 2. The zero-order chi connectivity index (χ0) is 17.2. The van der Waals surface area contributed by atoms with Gasteiger partial charge in [0.05, 0.1) is 4.85 Å². The fourth-order valence-electron chi connectivity index (χ4n) is 2.03. The van der Waals surface area contributed by atoms with Crippen molar-refractivity contribution in [3.05, 3.63) is 28.9 Å². The molecule has 0 fully saturated rings. The molecule has 2 amide bonds. The van der Waals surface area contributed by atoms with Crippen LogP contribution in [0.25, 0.3) is 4.85 Å². The van der Waals surface area contributed by atoms with E-state index in [2.05, 4.69) is 10.9 Å². The fourth-order valence-corrected chi connectivity index (χ4v) is 2.03. The van der Waals surface area contributed by atoms with Gasteiger partial charge in [-0.05, 0) is 32.9 Å². The van der Waals surface area contributed by atoms with E-state index in [1.54, 1.807) is 26.8 Å². The molecule has 0 saturated heterocycles. The molecule has 6 nitrogen and oxygen atoms in total. The van der Waals surface area contributed by atoms with Gasteiger partial charge < -0.3 is 14.4 Å². The van der Waals surface area contributed by atoms with Crippen LogP contribution in [0, 0.1) is 17.8 Å². The van der Waals surface area contributed by atoms with Crippen LogP contribution in [-0.4, -0.2) is 31.3 Å². The Labute approximate surface area is 133 Å². The minimum atomic E-state index is -0.931. The molecule has 0 aliphatic carbocycles. The zero-order valence-corrected chi connectivity index (χ0v) is 13.4. The van der Waals surface area contributed by atoms with Gasteiger partial charge in [0.15, 0.2) is 5.82 Å². The molecule has 23 heavy (non-hydrogen) atoms. The lowest BCUT2D eigenvalue weighted by Crippen LogP contribution is -2.33. The number of fused-ring (bicyclic) bond motifs is 1. The summed E-state index contributed by atoms with van der Waals surface area (Å²) < 4.78 is 24.4. The summed E-state index contributed by atoms with van der Waals surface area (Å²) in [5.74, 6) is -1.72. The maximum Gasteiger partial charge on any atom is 0.728 e. The molecule has 122 valence electrons. The van der Waals surface area contributed by atoms with E-state index in [0.29, 0.717) is 0 Å². The van der Waals surface area contributed by atoms with Crippen molar-refractivity contribution in [2.24, 2.45) is 5.92 Å². The van der Waals surface area contributed by atoms with E-state index in [-0.39, 0.29) is 18.0 Å². The second-order valence-electron chi connectivity index (χ2n) is 6.07. The number of nitrogens with zero attached hydrogens (tertiary/aromatic N) is 2. The highest BCUT2D eigenvalue weighted by atomic mass is 19.1. The summed E-state index contributed by atoms with van der Waals surface area (Å²) in [6, 6.07) is 6.73. The molecule has 0 radical (unpaired) electrons. The molecular weight excluding hydrogens is 303 g/mol. The van der Waals surface area contributed by atoms with Crippen LogP contribution >= 0.6 is 0 Å². The molecule has 1 aromatic carbocycles. The van der Waals surface area contributed by atoms with Gasteiger partial charge in [0.25, 0.3) is 5.91 Å². The summed E-state index contributed by atoms with van der Waals surface area (Å²) in [5, 5.41) is 0. The molecule has 0 saturated carbocycles. The monoisotopic (exact) mass is 321 g/mol. The second-order valence-corrected chi connectivity index (χ2v) is 6.07. The Kier molecular flexibility index (Phi) is 4.55. The Balaban J connectivity index is 2.21. The number of ether oxygens (including phenoxy) is 2. The number of hydrogen-bond acceptors (Lipinski definition) is 4. The summed E-state index contributed by atoms with van der Waals surface area (Å²) in [5.41, 5.74) is -0.637. The number of halogens is 1. The van der Waals surface area contributed by atoms with Crippen LogP contribution in [-0.2, 0) is 9.53 Å². The predicted molar refractivity (Wildman–Crippen MR) is 82.3 cm³/mol. The number of benzene rings is 1. The Morgan fingerprint density at radius 1 is 1.48 bits per heavy atom. The zero-order valence-electron chi connectivity index (χ0n) is 13.4. The minimum Gasteiger partial charge on any atom is -0.489 e. The third-order valence-corrected chi connectivity index (χ3v) is 3.02. The molecular formula is C16H18FN2O4+. The lowest BCUT2D eigenvalue weighted by atomic mass is 10.1. The van der Waals surface area contributed by atoms with E-state index in [0.717, 1.165) is 4.90 Å². The quantitative estimate of drug-likeness (QED) is 0.737. The van der Waals surface area contributed by atoms with Crippen molar-refractivity contribution in [2.45, 2.75) is 26.4 Å². The van der Waals surface area contributed by atoms with Gasteiger partial charge in [-0.2, -0.15) is 4.79 Å². The van der Waals surface area contributed by atoms with E-state index in [1.807, 2.05) is 0 Å². The van der Waals surface area contributed by atoms with Gasteiger partial charge in [0, 0.05) is 7.05 Å². The highest BCUT2D eigenvalue weighted by Crippen LogP contribution is 2.33. The van der Waals surface area contributed by atoms with Crippen LogP contribution in [0.15, 0.2) is 18.2 Å². The number of anilines is 1. The van der Waals surface area contributed by atoms with E-state index < -0.39 is 29.3 Å². The molecule has 1 aliphatic heterocycles. The Morgan fingerprint density at radius 3 is 2.83 bits per heavy atom. The fraction of sp³-hybridized carbons (Fsp3) is 0.438. The summed E-state index contributed by atoms with van der Waals surface area (Å²) >= 11 is 0. The molecule has 1 aromatic rings. The van der Waals surface area contributed by atoms with E-state index in [1.165, 1.54) is 19.2 Å². The molecule has 1 atom stereocenters. The SMILES string of the molecule is CN1C(=O)C(C#[N+]C(=O)OC(C)(C)C)COc2cccc(F)c21. The van der Waals surface area contributed by atoms with Crippen LogP contribution in [0.2, 0.25) is 0 Å². The van der Waals surface area contributed by atoms with E-state index in [9.17, 15) is 14.0 Å². The van der Waals surface area contributed by atoms with Gasteiger partial charge in [-0.25, -0.2) is 4.39 Å². The normalized spacial score (nSPS) is 17.3. The number of para-hydroxylation sites is 1. The minimum absolute atomic E-state index is 0.0547. The molecule has 0 bridgehead atoms. The van der Waals surface area contributed by atoms with Crippen molar-refractivity contribution in [2.75, 3.05) is 18.6 Å². The van der Waals surface area contributed by atoms with Crippen LogP contribution < -0.4 is 9.64 Å². The van der Waals surface area contributed by atoms with Gasteiger partial charge in [-0.15, -0.1) is 0 Å². The van der Waals surface area contributed by atoms with Crippen molar-refractivity contribution in [3.63, 3.8) is 0 Å². The lowest BCUT2D eigenvalue weighted by molar-refractivity contribution is -0.120. The average Bonchev–Trinajstić information content (AvgIpc) is 2.55. The number of carbonyl (C=O) groups is 2. The Morgan fingerprint density at radius 2 is 2.17 bits per heavy atom. The van der Waals surface area contributed by atoms with Gasteiger partial charge in [0.2, 0.25) is 5.92 Å². The van der Waals surface area contributed by atoms with Crippen LogP contribution in [0.1, 0.15) is 20.8 Å². The van der Waals surface area contributed by atoms with Crippen molar-refractivity contribution in [1.29, 1.82) is 0 Å². The van der Waals surface area contributed by atoms with E-state index >= 15 is 0 Å². The van der Waals surface area contributed by atoms with Gasteiger partial charge >= 0.3 is 12.2 Å². The summed E-state index contributed by atoms with van der Waals surface area (Å²) in [7, 11) is 1.43. The first-order valence-electron chi connectivity index (χ1n) is 7.07. The van der Waals surface area contributed by atoms with Crippen molar-refractivity contribution >= 4 is 17.7 Å². The molecule has 7 heteroatoms. The number of hydrogen-bond donors (Lipinski definition) is 0. The van der Waals surface area contributed by atoms with Crippen molar-refractivity contribution < 1.29 is 23.5 Å². The summed E-state index contributed by atoms with van der Waals surface area (Å²) in [6.45, 7) is 5.01. The van der Waals surface area contributed by atoms with Gasteiger partial charge in [-0.1, -0.05) is 6.07 Å². The molecule has 0 aromatic heterocycles. The summed E-state index contributed by atoms with van der Waals surface area (Å²) in [6.07, 6.45) is -0.846. The third-order valence-electron chi connectivity index (χ3n) is 3.02. The largest absolute Gasteiger partial charge is 0.728 e. The standard InChI is InChI=1S/C16H18FN2O4/c1-16(2,3)23-15(21)18-8-10-9-22-12-7-5-6-11(17)13(12)19(4)14(10)20/h5-7,10H,9H2,1-4H3/q+1. The molecule has 2 rings (SSSR count). The van der Waals surface area contributed by atoms with Gasteiger partial charge in [-0.3, -0.25) is 4.79 Å². The van der Waals surface area contributed by atoms with Crippen molar-refractivity contribution in [1.82, 2.24) is 0 Å². The molecule has 1 heterocycles.